The van der Waals surface area contributed by atoms with E-state index in [1.54, 1.807) is 35.0 Å². The summed E-state index contributed by atoms with van der Waals surface area (Å²) < 4.78 is 1.70. The number of para-hydroxylation sites is 2. The van der Waals surface area contributed by atoms with Gasteiger partial charge >= 0.3 is 0 Å². The van der Waals surface area contributed by atoms with Crippen LogP contribution < -0.4 is 11.1 Å². The Morgan fingerprint density at radius 1 is 1.12 bits per heavy atom. The number of hydrogen-bond acceptors (Lipinski definition) is 3. The van der Waals surface area contributed by atoms with Gasteiger partial charge in [-0.2, -0.15) is 5.26 Å². The van der Waals surface area contributed by atoms with Gasteiger partial charge in [0, 0.05) is 28.4 Å². The summed E-state index contributed by atoms with van der Waals surface area (Å²) >= 11 is 0. The van der Waals surface area contributed by atoms with E-state index in [1.807, 2.05) is 36.4 Å². The fourth-order valence-corrected chi connectivity index (χ4v) is 2.71. The molecule has 6 nitrogen and oxygen atoms in total. The molecule has 3 N–H and O–H groups in total. The van der Waals surface area contributed by atoms with Crippen LogP contribution in [-0.4, -0.2) is 16.4 Å². The van der Waals surface area contributed by atoms with Crippen molar-refractivity contribution in [2.75, 3.05) is 5.32 Å². The molecule has 3 aromatic rings. The maximum absolute atomic E-state index is 12.4. The van der Waals surface area contributed by atoms with E-state index in [0.29, 0.717) is 11.3 Å². The number of hydrogen-bond donors (Lipinski definition) is 2. The lowest BCUT2D eigenvalue weighted by Crippen LogP contribution is -2.17. The normalized spacial score (nSPS) is 11.1. The average molecular weight is 344 g/mol. The molecule has 2 aromatic carbocycles. The molecular formula is C20H16N4O2. The lowest BCUT2D eigenvalue weighted by molar-refractivity contribution is -0.118. The van der Waals surface area contributed by atoms with Gasteiger partial charge in [-0.15, -0.1) is 0 Å². The first kappa shape index (κ1) is 17.0. The fraction of sp³-hybridized carbons (Fsp3) is 0.0500. The number of anilines is 1. The first-order valence-corrected chi connectivity index (χ1v) is 7.93. The van der Waals surface area contributed by atoms with Gasteiger partial charge in [0.1, 0.15) is 18.2 Å². The number of carbonyl (C=O) groups is 2. The molecule has 0 atom stereocenters. The highest BCUT2D eigenvalue weighted by molar-refractivity contribution is 6.10. The fourth-order valence-electron chi connectivity index (χ4n) is 2.71. The van der Waals surface area contributed by atoms with Crippen molar-refractivity contribution >= 4 is 34.5 Å². The maximum Gasteiger partial charge on any atom is 0.266 e. The van der Waals surface area contributed by atoms with Crippen molar-refractivity contribution in [2.45, 2.75) is 6.54 Å². The van der Waals surface area contributed by atoms with E-state index < -0.39 is 11.8 Å². The molecule has 0 spiro atoms. The summed E-state index contributed by atoms with van der Waals surface area (Å²) in [6, 6.07) is 18.3. The van der Waals surface area contributed by atoms with E-state index in [1.165, 1.54) is 6.08 Å². The number of primary amides is 1. The predicted molar refractivity (Wildman–Crippen MR) is 99.8 cm³/mol. The van der Waals surface area contributed by atoms with E-state index in [2.05, 4.69) is 5.32 Å². The zero-order valence-corrected chi connectivity index (χ0v) is 13.8. The van der Waals surface area contributed by atoms with E-state index >= 15 is 0 Å². The Kier molecular flexibility index (Phi) is 4.81. The summed E-state index contributed by atoms with van der Waals surface area (Å²) in [6.45, 7) is 0.0203. The summed E-state index contributed by atoms with van der Waals surface area (Å²) in [5, 5.41) is 12.9. The Morgan fingerprint density at radius 2 is 1.81 bits per heavy atom. The molecule has 3 rings (SSSR count). The molecule has 2 amide bonds. The van der Waals surface area contributed by atoms with Crippen LogP contribution in [0.2, 0.25) is 0 Å². The van der Waals surface area contributed by atoms with Crippen molar-refractivity contribution in [3.8, 4) is 6.07 Å². The molecule has 1 aromatic heterocycles. The molecule has 26 heavy (non-hydrogen) atoms. The largest absolute Gasteiger partial charge is 0.368 e. The van der Waals surface area contributed by atoms with Crippen LogP contribution in [0.15, 0.2) is 66.4 Å². The van der Waals surface area contributed by atoms with Gasteiger partial charge < -0.3 is 15.6 Å². The molecule has 0 bridgehead atoms. The van der Waals surface area contributed by atoms with Gasteiger partial charge in [0.25, 0.3) is 5.91 Å². The van der Waals surface area contributed by atoms with Crippen molar-refractivity contribution in [3.05, 3.63) is 71.9 Å². The van der Waals surface area contributed by atoms with Crippen LogP contribution in [0.3, 0.4) is 0 Å². The minimum Gasteiger partial charge on any atom is -0.368 e. The molecular weight excluding hydrogens is 328 g/mol. The van der Waals surface area contributed by atoms with Crippen LogP contribution in [0, 0.1) is 11.3 Å². The summed E-state index contributed by atoms with van der Waals surface area (Å²) in [6.07, 6.45) is 3.22. The number of nitrogens with one attached hydrogen (secondary N) is 1. The lowest BCUT2D eigenvalue weighted by atomic mass is 10.1. The Balaban J connectivity index is 1.98. The number of carbonyl (C=O) groups excluding carboxylic acids is 2. The zero-order valence-electron chi connectivity index (χ0n) is 13.8. The second kappa shape index (κ2) is 7.36. The Hall–Kier alpha value is -3.85. The maximum atomic E-state index is 12.4. The highest BCUT2D eigenvalue weighted by Gasteiger charge is 2.13. The average Bonchev–Trinajstić information content (AvgIpc) is 2.97. The van der Waals surface area contributed by atoms with Crippen LogP contribution in [0.4, 0.5) is 5.69 Å². The Bertz CT molecular complexity index is 1040. The topological polar surface area (TPSA) is 101 Å². The molecule has 1 heterocycles. The first-order valence-electron chi connectivity index (χ1n) is 7.93. The standard InChI is InChI=1S/C20H16N4O2/c21-11-14(20(26)23-16-6-2-1-3-7-16)10-15-12-24(13-19(22)25)18-9-5-4-8-17(15)18/h1-10,12H,13H2,(H2,22,25)(H,23,26)/b14-10+. The molecule has 6 heteroatoms. The molecule has 0 radical (unpaired) electrons. The van der Waals surface area contributed by atoms with Crippen molar-refractivity contribution < 1.29 is 9.59 Å². The van der Waals surface area contributed by atoms with Gasteiger partial charge in [-0.25, -0.2) is 0 Å². The summed E-state index contributed by atoms with van der Waals surface area (Å²) in [4.78, 5) is 23.7. The molecule has 0 saturated heterocycles. The number of benzene rings is 2. The Labute approximate surface area is 150 Å². The molecule has 0 unspecified atom stereocenters. The minimum atomic E-state index is -0.495. The lowest BCUT2D eigenvalue weighted by Gasteiger charge is -2.03. The molecule has 0 aliphatic carbocycles. The van der Waals surface area contributed by atoms with Crippen molar-refractivity contribution in [3.63, 3.8) is 0 Å². The van der Waals surface area contributed by atoms with Gasteiger partial charge in [0.2, 0.25) is 5.91 Å². The van der Waals surface area contributed by atoms with Crippen LogP contribution in [0.1, 0.15) is 5.56 Å². The SMILES string of the molecule is N#C/C(=C\c1cn(CC(N)=O)c2ccccc12)C(=O)Nc1ccccc1. The monoisotopic (exact) mass is 344 g/mol. The van der Waals surface area contributed by atoms with Gasteiger partial charge in [-0.05, 0) is 24.3 Å². The van der Waals surface area contributed by atoms with Crippen LogP contribution >= 0.6 is 0 Å². The zero-order chi connectivity index (χ0) is 18.5. The third-order valence-corrected chi connectivity index (χ3v) is 3.84. The molecule has 0 aliphatic rings. The Morgan fingerprint density at radius 3 is 2.50 bits per heavy atom. The summed E-state index contributed by atoms with van der Waals surface area (Å²) in [7, 11) is 0. The molecule has 128 valence electrons. The second-order valence-corrected chi connectivity index (χ2v) is 5.69. The quantitative estimate of drug-likeness (QED) is 0.549. The third-order valence-electron chi connectivity index (χ3n) is 3.84. The van der Waals surface area contributed by atoms with E-state index in [0.717, 1.165) is 10.9 Å². The third kappa shape index (κ3) is 3.62. The second-order valence-electron chi connectivity index (χ2n) is 5.69. The molecule has 0 fully saturated rings. The summed E-state index contributed by atoms with van der Waals surface area (Å²) in [5.74, 6) is -0.964. The van der Waals surface area contributed by atoms with Crippen LogP contribution in [-0.2, 0) is 16.1 Å². The van der Waals surface area contributed by atoms with Crippen LogP contribution in [0.5, 0.6) is 0 Å². The number of nitrogens with zero attached hydrogens (tertiary/aromatic N) is 2. The number of nitrogens with two attached hydrogens (primary N) is 1. The van der Waals surface area contributed by atoms with Gasteiger partial charge in [0.05, 0.1) is 0 Å². The van der Waals surface area contributed by atoms with Crippen molar-refractivity contribution in [1.82, 2.24) is 4.57 Å². The van der Waals surface area contributed by atoms with Gasteiger partial charge in [0.15, 0.2) is 0 Å². The number of rotatable bonds is 5. The van der Waals surface area contributed by atoms with Crippen LogP contribution in [0.25, 0.3) is 17.0 Å². The number of nitriles is 1. The number of fused-ring (bicyclic) bond motifs is 1. The van der Waals surface area contributed by atoms with E-state index in [4.69, 9.17) is 5.73 Å². The summed E-state index contributed by atoms with van der Waals surface area (Å²) in [5.41, 5.74) is 7.34. The smallest absolute Gasteiger partial charge is 0.266 e. The van der Waals surface area contributed by atoms with E-state index in [9.17, 15) is 14.9 Å². The predicted octanol–water partition coefficient (Wildman–Crippen LogP) is 2.67. The van der Waals surface area contributed by atoms with Crippen molar-refractivity contribution in [2.24, 2.45) is 5.73 Å². The highest BCUT2D eigenvalue weighted by atomic mass is 16.2. The first-order chi connectivity index (χ1) is 12.6. The molecule has 0 aliphatic heterocycles. The number of aromatic nitrogens is 1. The highest BCUT2D eigenvalue weighted by Crippen LogP contribution is 2.24. The van der Waals surface area contributed by atoms with Crippen molar-refractivity contribution in [1.29, 1.82) is 5.26 Å². The molecule has 0 saturated carbocycles. The number of amides is 2. The van der Waals surface area contributed by atoms with Gasteiger partial charge in [-0.1, -0.05) is 36.4 Å². The van der Waals surface area contributed by atoms with E-state index in [-0.39, 0.29) is 12.1 Å². The van der Waals surface area contributed by atoms with Gasteiger partial charge in [-0.3, -0.25) is 9.59 Å². The minimum absolute atomic E-state index is 0.0203.